The van der Waals surface area contributed by atoms with Crippen LogP contribution in [0.2, 0.25) is 0 Å². The van der Waals surface area contributed by atoms with Crippen LogP contribution < -0.4 is 5.32 Å². The minimum absolute atomic E-state index is 0.128. The van der Waals surface area contributed by atoms with Crippen LogP contribution in [-0.4, -0.2) is 44.0 Å². The van der Waals surface area contributed by atoms with Crippen molar-refractivity contribution in [1.82, 2.24) is 14.7 Å². The standard InChI is InChI=1S/C23H29N5O2S/c1-14(2)11-28-22(30)20(10-18-12-27(6)26-17(18)5)25-23(28)31-13-21(29)24-19-8-7-15(3)9-16(19)4/h7-10,12,14H,11,13H2,1-6H3,(H,24,29). The summed E-state index contributed by atoms with van der Waals surface area (Å²) in [4.78, 5) is 31.7. The van der Waals surface area contributed by atoms with Crippen molar-refractivity contribution in [2.75, 3.05) is 17.6 Å². The summed E-state index contributed by atoms with van der Waals surface area (Å²) < 4.78 is 1.71. The Morgan fingerprint density at radius 3 is 2.61 bits per heavy atom. The van der Waals surface area contributed by atoms with Crippen molar-refractivity contribution in [3.05, 3.63) is 52.5 Å². The Balaban J connectivity index is 1.75. The Kier molecular flexibility index (Phi) is 7.00. The third-order valence-electron chi connectivity index (χ3n) is 4.79. The second kappa shape index (κ2) is 9.51. The molecule has 1 N–H and O–H groups in total. The molecule has 0 saturated carbocycles. The molecule has 0 unspecified atom stereocenters. The summed E-state index contributed by atoms with van der Waals surface area (Å²) in [7, 11) is 1.84. The van der Waals surface area contributed by atoms with Gasteiger partial charge in [0, 0.05) is 31.0 Å². The number of amidine groups is 1. The van der Waals surface area contributed by atoms with E-state index < -0.39 is 0 Å². The van der Waals surface area contributed by atoms with E-state index in [-0.39, 0.29) is 23.5 Å². The van der Waals surface area contributed by atoms with Gasteiger partial charge in [-0.1, -0.05) is 43.3 Å². The molecular weight excluding hydrogens is 410 g/mol. The molecule has 2 heterocycles. The summed E-state index contributed by atoms with van der Waals surface area (Å²) in [5, 5.41) is 7.82. The molecule has 2 amide bonds. The third-order valence-corrected chi connectivity index (χ3v) is 5.77. The van der Waals surface area contributed by atoms with Crippen molar-refractivity contribution < 1.29 is 9.59 Å². The molecule has 0 radical (unpaired) electrons. The van der Waals surface area contributed by atoms with Gasteiger partial charge in [-0.15, -0.1) is 0 Å². The van der Waals surface area contributed by atoms with E-state index in [0.29, 0.717) is 17.4 Å². The zero-order valence-corrected chi connectivity index (χ0v) is 19.7. The Morgan fingerprint density at radius 1 is 1.26 bits per heavy atom. The van der Waals surface area contributed by atoms with Gasteiger partial charge in [-0.2, -0.15) is 5.10 Å². The van der Waals surface area contributed by atoms with Gasteiger partial charge in [-0.05, 0) is 44.4 Å². The van der Waals surface area contributed by atoms with Crippen molar-refractivity contribution in [3.8, 4) is 0 Å². The molecule has 31 heavy (non-hydrogen) atoms. The predicted octanol–water partition coefficient (Wildman–Crippen LogP) is 3.91. The maximum absolute atomic E-state index is 13.0. The summed E-state index contributed by atoms with van der Waals surface area (Å²) in [5.74, 6) is 0.178. The Hall–Kier alpha value is -2.87. The lowest BCUT2D eigenvalue weighted by atomic mass is 10.1. The van der Waals surface area contributed by atoms with Gasteiger partial charge >= 0.3 is 0 Å². The number of aromatic nitrogens is 2. The molecule has 0 atom stereocenters. The van der Waals surface area contributed by atoms with Crippen LogP contribution in [-0.2, 0) is 16.6 Å². The van der Waals surface area contributed by atoms with E-state index in [1.165, 1.54) is 11.8 Å². The highest BCUT2D eigenvalue weighted by atomic mass is 32.2. The summed E-state index contributed by atoms with van der Waals surface area (Å²) in [6.07, 6.45) is 3.63. The average Bonchev–Trinajstić information content (AvgIpc) is 3.15. The van der Waals surface area contributed by atoms with Crippen LogP contribution in [0.4, 0.5) is 5.69 Å². The molecule has 0 saturated heterocycles. The van der Waals surface area contributed by atoms with Gasteiger partial charge in [0.2, 0.25) is 5.91 Å². The number of hydrogen-bond acceptors (Lipinski definition) is 5. The fourth-order valence-corrected chi connectivity index (χ4v) is 4.15. The second-order valence-corrected chi connectivity index (χ2v) is 9.17. The molecule has 1 aliphatic heterocycles. The molecule has 1 aromatic heterocycles. The highest BCUT2D eigenvalue weighted by Gasteiger charge is 2.31. The third kappa shape index (κ3) is 5.64. The number of hydrogen-bond donors (Lipinski definition) is 1. The van der Waals surface area contributed by atoms with Crippen LogP contribution in [0.5, 0.6) is 0 Å². The smallest absolute Gasteiger partial charge is 0.278 e. The minimum atomic E-state index is -0.144. The zero-order valence-electron chi connectivity index (χ0n) is 18.9. The number of rotatable bonds is 6. The summed E-state index contributed by atoms with van der Waals surface area (Å²) in [6.45, 7) is 10.5. The lowest BCUT2D eigenvalue weighted by Gasteiger charge is -2.19. The molecule has 2 aromatic rings. The Morgan fingerprint density at radius 2 is 2.00 bits per heavy atom. The number of benzene rings is 1. The number of anilines is 1. The van der Waals surface area contributed by atoms with Gasteiger partial charge in [0.15, 0.2) is 5.17 Å². The van der Waals surface area contributed by atoms with Gasteiger partial charge < -0.3 is 5.32 Å². The van der Waals surface area contributed by atoms with Gasteiger partial charge in [-0.25, -0.2) is 4.99 Å². The molecule has 0 spiro atoms. The summed E-state index contributed by atoms with van der Waals surface area (Å²) in [6, 6.07) is 5.91. The van der Waals surface area contributed by atoms with E-state index in [1.54, 1.807) is 15.7 Å². The summed E-state index contributed by atoms with van der Waals surface area (Å²) >= 11 is 1.28. The lowest BCUT2D eigenvalue weighted by molar-refractivity contribution is -0.122. The fraction of sp³-hybridized carbons (Fsp3) is 0.391. The maximum Gasteiger partial charge on any atom is 0.278 e. The largest absolute Gasteiger partial charge is 0.325 e. The van der Waals surface area contributed by atoms with Crippen molar-refractivity contribution in [3.63, 3.8) is 0 Å². The van der Waals surface area contributed by atoms with Crippen LogP contribution in [0.3, 0.4) is 0 Å². The molecule has 1 aliphatic rings. The maximum atomic E-state index is 13.0. The van der Waals surface area contributed by atoms with Crippen molar-refractivity contribution in [2.24, 2.45) is 18.0 Å². The Bertz CT molecular complexity index is 1070. The zero-order chi connectivity index (χ0) is 22.7. The first-order valence-electron chi connectivity index (χ1n) is 10.3. The highest BCUT2D eigenvalue weighted by Crippen LogP contribution is 2.26. The average molecular weight is 440 g/mol. The van der Waals surface area contributed by atoms with Crippen LogP contribution in [0.1, 0.15) is 36.2 Å². The normalized spacial score (nSPS) is 15.2. The van der Waals surface area contributed by atoms with Gasteiger partial charge in [-0.3, -0.25) is 19.2 Å². The fourth-order valence-electron chi connectivity index (χ4n) is 3.34. The number of aliphatic imine (C=N–C) groups is 1. The number of amides is 2. The number of nitrogens with zero attached hydrogens (tertiary/aromatic N) is 4. The first kappa shape index (κ1) is 22.8. The van der Waals surface area contributed by atoms with Crippen molar-refractivity contribution in [2.45, 2.75) is 34.6 Å². The van der Waals surface area contributed by atoms with Gasteiger partial charge in [0.1, 0.15) is 5.70 Å². The molecule has 8 heteroatoms. The lowest BCUT2D eigenvalue weighted by Crippen LogP contribution is -2.34. The van der Waals surface area contributed by atoms with Crippen molar-refractivity contribution in [1.29, 1.82) is 0 Å². The van der Waals surface area contributed by atoms with Crippen LogP contribution >= 0.6 is 11.8 Å². The molecule has 0 fully saturated rings. The number of carbonyl (C=O) groups is 2. The van der Waals surface area contributed by atoms with Crippen LogP contribution in [0.25, 0.3) is 6.08 Å². The molecule has 3 rings (SSSR count). The quantitative estimate of drug-likeness (QED) is 0.692. The van der Waals surface area contributed by atoms with Crippen LogP contribution in [0.15, 0.2) is 35.1 Å². The summed E-state index contributed by atoms with van der Waals surface area (Å²) in [5.41, 5.74) is 5.03. The SMILES string of the molecule is Cc1ccc(NC(=O)CSC2=NC(=Cc3cn(C)nc3C)C(=O)N2CC(C)C)c(C)c1. The molecular formula is C23H29N5O2S. The monoisotopic (exact) mass is 439 g/mol. The van der Waals surface area contributed by atoms with Gasteiger partial charge in [0.05, 0.1) is 11.4 Å². The van der Waals surface area contributed by atoms with Gasteiger partial charge in [0.25, 0.3) is 5.91 Å². The first-order valence-corrected chi connectivity index (χ1v) is 11.2. The molecule has 0 aliphatic carbocycles. The van der Waals surface area contributed by atoms with E-state index in [9.17, 15) is 9.59 Å². The number of nitrogens with one attached hydrogen (secondary N) is 1. The van der Waals surface area contributed by atoms with E-state index in [0.717, 1.165) is 28.1 Å². The second-order valence-electron chi connectivity index (χ2n) is 8.23. The van der Waals surface area contributed by atoms with E-state index in [1.807, 2.05) is 52.2 Å². The topological polar surface area (TPSA) is 79.6 Å². The Labute approximate surface area is 187 Å². The van der Waals surface area contributed by atoms with E-state index in [2.05, 4.69) is 29.3 Å². The highest BCUT2D eigenvalue weighted by molar-refractivity contribution is 8.14. The number of carbonyl (C=O) groups excluding carboxylic acids is 2. The van der Waals surface area contributed by atoms with E-state index in [4.69, 9.17) is 0 Å². The van der Waals surface area contributed by atoms with Crippen molar-refractivity contribution >= 4 is 40.5 Å². The molecule has 164 valence electrons. The predicted molar refractivity (Wildman–Crippen MR) is 127 cm³/mol. The number of thioether (sulfide) groups is 1. The van der Waals surface area contributed by atoms with E-state index >= 15 is 0 Å². The molecule has 0 bridgehead atoms. The van der Waals surface area contributed by atoms with Crippen LogP contribution in [0, 0.1) is 26.7 Å². The molecule has 1 aromatic carbocycles. The number of aryl methyl sites for hydroxylation is 4. The first-order chi connectivity index (χ1) is 14.6. The minimum Gasteiger partial charge on any atom is -0.325 e. The molecule has 7 nitrogen and oxygen atoms in total.